The molecule has 0 aliphatic carbocycles. The largest absolute Gasteiger partial charge is 0.406 e. The Balaban J connectivity index is 3.44. The van der Waals surface area contributed by atoms with Gasteiger partial charge in [-0.3, -0.25) is 4.79 Å². The number of halogens is 3. The molecule has 0 saturated carbocycles. The second-order valence-electron chi connectivity index (χ2n) is 5.79. The topological polar surface area (TPSA) is 57.7 Å². The van der Waals surface area contributed by atoms with Crippen molar-refractivity contribution in [3.05, 3.63) is 41.5 Å². The Bertz CT molecular complexity index is 772. The van der Waals surface area contributed by atoms with Crippen molar-refractivity contribution in [1.82, 2.24) is 9.21 Å². The van der Waals surface area contributed by atoms with Gasteiger partial charge in [0, 0.05) is 26.2 Å². The zero-order valence-corrected chi connectivity index (χ0v) is 15.3. The molecule has 0 heterocycles. The molecule has 0 spiro atoms. The Kier molecular flexibility index (Phi) is 6.41. The van der Waals surface area contributed by atoms with Crippen LogP contribution in [0, 0.1) is 13.8 Å². The molecule has 0 unspecified atom stereocenters. The van der Waals surface area contributed by atoms with Crippen LogP contribution in [0.4, 0.5) is 13.2 Å². The molecule has 140 valence electrons. The average Bonchev–Trinajstić information content (AvgIpc) is 2.47. The van der Waals surface area contributed by atoms with E-state index in [1.807, 2.05) is 0 Å². The second kappa shape index (κ2) is 7.57. The summed E-state index contributed by atoms with van der Waals surface area (Å²) in [5.74, 6) is -0.907. The Hall–Kier alpha value is -1.87. The Morgan fingerprint density at radius 3 is 2.24 bits per heavy atom. The van der Waals surface area contributed by atoms with Crippen LogP contribution < -0.4 is 0 Å². The molecule has 1 aromatic carbocycles. The minimum atomic E-state index is -4.57. The number of carbonyl (C=O) groups excluding carboxylic acids is 1. The SMILES string of the molecule is C=CCN(CC(F)(F)F)C(=O)c1cc(C)c(C)c(S(=O)(=O)N(C)C)c1. The van der Waals surface area contributed by atoms with Crippen LogP contribution in [0.3, 0.4) is 0 Å². The Morgan fingerprint density at radius 1 is 1.24 bits per heavy atom. The van der Waals surface area contributed by atoms with Crippen LogP contribution in [-0.2, 0) is 10.0 Å². The van der Waals surface area contributed by atoms with Gasteiger partial charge < -0.3 is 4.90 Å². The van der Waals surface area contributed by atoms with Gasteiger partial charge >= 0.3 is 6.18 Å². The second-order valence-corrected chi connectivity index (χ2v) is 7.91. The van der Waals surface area contributed by atoms with Crippen LogP contribution in [0.15, 0.2) is 29.7 Å². The highest BCUT2D eigenvalue weighted by atomic mass is 32.2. The lowest BCUT2D eigenvalue weighted by Gasteiger charge is -2.24. The molecular formula is C16H21F3N2O3S. The van der Waals surface area contributed by atoms with Crippen molar-refractivity contribution in [1.29, 1.82) is 0 Å². The number of aryl methyl sites for hydroxylation is 1. The average molecular weight is 378 g/mol. The van der Waals surface area contributed by atoms with Gasteiger partial charge in [0.05, 0.1) is 4.90 Å². The Labute approximate surface area is 145 Å². The number of hydrogen-bond acceptors (Lipinski definition) is 3. The fourth-order valence-electron chi connectivity index (χ4n) is 2.19. The van der Waals surface area contributed by atoms with Crippen molar-refractivity contribution in [3.63, 3.8) is 0 Å². The Morgan fingerprint density at radius 2 is 1.80 bits per heavy atom. The number of carbonyl (C=O) groups is 1. The van der Waals surface area contributed by atoms with E-state index >= 15 is 0 Å². The maximum absolute atomic E-state index is 12.7. The number of alkyl halides is 3. The van der Waals surface area contributed by atoms with E-state index in [9.17, 15) is 26.4 Å². The van der Waals surface area contributed by atoms with Crippen LogP contribution in [-0.4, -0.2) is 56.9 Å². The van der Waals surface area contributed by atoms with Crippen molar-refractivity contribution in [2.75, 3.05) is 27.2 Å². The number of benzene rings is 1. The van der Waals surface area contributed by atoms with Gasteiger partial charge in [-0.2, -0.15) is 13.2 Å². The van der Waals surface area contributed by atoms with E-state index in [-0.39, 0.29) is 17.0 Å². The van der Waals surface area contributed by atoms with Crippen LogP contribution in [0.25, 0.3) is 0 Å². The predicted molar refractivity (Wildman–Crippen MR) is 88.9 cm³/mol. The van der Waals surface area contributed by atoms with E-state index in [0.29, 0.717) is 16.0 Å². The summed E-state index contributed by atoms with van der Waals surface area (Å²) in [5.41, 5.74) is 0.822. The lowest BCUT2D eigenvalue weighted by atomic mass is 10.1. The van der Waals surface area contributed by atoms with E-state index in [1.165, 1.54) is 26.2 Å². The summed E-state index contributed by atoms with van der Waals surface area (Å²) in [7, 11) is -1.16. The highest BCUT2D eigenvalue weighted by Gasteiger charge is 2.33. The summed E-state index contributed by atoms with van der Waals surface area (Å²) >= 11 is 0. The number of nitrogens with zero attached hydrogens (tertiary/aromatic N) is 2. The van der Waals surface area contributed by atoms with E-state index in [0.717, 1.165) is 10.4 Å². The number of hydrogen-bond donors (Lipinski definition) is 0. The molecule has 0 saturated heterocycles. The van der Waals surface area contributed by atoms with Gasteiger partial charge in [-0.1, -0.05) is 6.08 Å². The summed E-state index contributed by atoms with van der Waals surface area (Å²) in [6.07, 6.45) is -3.39. The van der Waals surface area contributed by atoms with Crippen LogP contribution in [0.1, 0.15) is 21.5 Å². The maximum Gasteiger partial charge on any atom is 0.406 e. The van der Waals surface area contributed by atoms with Gasteiger partial charge in [0.2, 0.25) is 10.0 Å². The molecule has 5 nitrogen and oxygen atoms in total. The summed E-state index contributed by atoms with van der Waals surface area (Å²) < 4.78 is 63.9. The van der Waals surface area contributed by atoms with Crippen molar-refractivity contribution in [3.8, 4) is 0 Å². The minimum absolute atomic E-state index is 0.105. The van der Waals surface area contributed by atoms with E-state index < -0.39 is 28.7 Å². The number of sulfonamides is 1. The molecule has 1 rings (SSSR count). The monoisotopic (exact) mass is 378 g/mol. The number of rotatable bonds is 6. The molecule has 0 fully saturated rings. The quantitative estimate of drug-likeness (QED) is 0.716. The molecule has 9 heteroatoms. The molecule has 0 aliphatic rings. The highest BCUT2D eigenvalue weighted by molar-refractivity contribution is 7.89. The normalized spacial score (nSPS) is 12.3. The zero-order chi connectivity index (χ0) is 19.6. The maximum atomic E-state index is 12.7. The van der Waals surface area contributed by atoms with Gasteiger partial charge in [0.25, 0.3) is 5.91 Å². The third-order valence-corrected chi connectivity index (χ3v) is 5.57. The third kappa shape index (κ3) is 5.05. The highest BCUT2D eigenvalue weighted by Crippen LogP contribution is 2.25. The van der Waals surface area contributed by atoms with Crippen LogP contribution in [0.5, 0.6) is 0 Å². The van der Waals surface area contributed by atoms with Gasteiger partial charge in [0.1, 0.15) is 6.54 Å². The molecule has 1 aromatic rings. The fourth-order valence-corrected chi connectivity index (χ4v) is 3.41. The first kappa shape index (κ1) is 21.2. The third-order valence-electron chi connectivity index (χ3n) is 3.63. The predicted octanol–water partition coefficient (Wildman–Crippen LogP) is 2.74. The first-order valence-electron chi connectivity index (χ1n) is 7.32. The lowest BCUT2D eigenvalue weighted by Crippen LogP contribution is -2.39. The molecule has 0 aliphatic heterocycles. The summed E-state index contributed by atoms with van der Waals surface area (Å²) in [6, 6.07) is 2.51. The molecule has 0 aromatic heterocycles. The molecule has 0 bridgehead atoms. The molecular weight excluding hydrogens is 357 g/mol. The van der Waals surface area contributed by atoms with E-state index in [4.69, 9.17) is 0 Å². The van der Waals surface area contributed by atoms with Crippen molar-refractivity contribution >= 4 is 15.9 Å². The zero-order valence-electron chi connectivity index (χ0n) is 14.5. The smallest absolute Gasteiger partial charge is 0.326 e. The van der Waals surface area contributed by atoms with Crippen molar-refractivity contribution < 1.29 is 26.4 Å². The van der Waals surface area contributed by atoms with Gasteiger partial charge in [-0.25, -0.2) is 12.7 Å². The summed E-state index contributed by atoms with van der Waals surface area (Å²) in [5, 5.41) is 0. The van der Waals surface area contributed by atoms with E-state index in [1.54, 1.807) is 13.8 Å². The fraction of sp³-hybridized carbons (Fsp3) is 0.438. The summed E-state index contributed by atoms with van der Waals surface area (Å²) in [4.78, 5) is 13.0. The molecule has 0 atom stereocenters. The van der Waals surface area contributed by atoms with Crippen LogP contribution in [0.2, 0.25) is 0 Å². The van der Waals surface area contributed by atoms with E-state index in [2.05, 4.69) is 6.58 Å². The van der Waals surface area contributed by atoms with Gasteiger partial charge in [-0.05, 0) is 37.1 Å². The number of amides is 1. The molecule has 25 heavy (non-hydrogen) atoms. The standard InChI is InChI=1S/C16H21F3N2O3S/c1-6-7-21(10-16(17,18)19)15(22)13-8-11(2)12(3)14(9-13)25(23,24)20(4)5/h6,8-9H,1,7,10H2,2-5H3. The van der Waals surface area contributed by atoms with Crippen molar-refractivity contribution in [2.24, 2.45) is 0 Å². The molecule has 0 radical (unpaired) electrons. The lowest BCUT2D eigenvalue weighted by molar-refractivity contribution is -0.139. The molecule has 1 amide bonds. The van der Waals surface area contributed by atoms with Crippen molar-refractivity contribution in [2.45, 2.75) is 24.9 Å². The summed E-state index contributed by atoms with van der Waals surface area (Å²) in [6.45, 7) is 4.79. The van der Waals surface area contributed by atoms with Gasteiger partial charge in [-0.15, -0.1) is 6.58 Å². The van der Waals surface area contributed by atoms with Gasteiger partial charge in [0.15, 0.2) is 0 Å². The minimum Gasteiger partial charge on any atom is -0.326 e. The van der Waals surface area contributed by atoms with Crippen LogP contribution >= 0.6 is 0 Å². The first-order valence-corrected chi connectivity index (χ1v) is 8.76. The first-order chi connectivity index (χ1) is 11.3. The molecule has 0 N–H and O–H groups in total.